The number of benzene rings is 1. The van der Waals surface area contributed by atoms with Crippen LogP contribution in [0.4, 0.5) is 8.78 Å². The summed E-state index contributed by atoms with van der Waals surface area (Å²) in [5, 5.41) is 0. The third-order valence-electron chi connectivity index (χ3n) is 3.97. The Morgan fingerprint density at radius 1 is 1.27 bits per heavy atom. The molecule has 1 unspecified atom stereocenters. The Hall–Kier alpha value is -1.66. The average Bonchev–Trinajstić information content (AvgIpc) is 2.46. The third kappa shape index (κ3) is 3.75. The molecule has 0 spiro atoms. The van der Waals surface area contributed by atoms with Gasteiger partial charge in [-0.3, -0.25) is 4.90 Å². The fourth-order valence-corrected chi connectivity index (χ4v) is 3.21. The number of aromatic amines is 1. The van der Waals surface area contributed by atoms with E-state index in [2.05, 4.69) is 14.9 Å². The minimum Gasteiger partial charge on any atom is -0.334 e. The molecule has 0 radical (unpaired) electrons. The van der Waals surface area contributed by atoms with Crippen LogP contribution in [0.15, 0.2) is 30.5 Å². The maximum Gasteiger partial charge on any atom is 0.196 e. The van der Waals surface area contributed by atoms with Crippen molar-refractivity contribution < 1.29 is 8.78 Å². The third-order valence-corrected chi connectivity index (χ3v) is 4.18. The van der Waals surface area contributed by atoms with Crippen LogP contribution in [0.1, 0.15) is 30.0 Å². The molecule has 1 fully saturated rings. The molecule has 0 aliphatic carbocycles. The molecule has 0 amide bonds. The second kappa shape index (κ2) is 6.62. The summed E-state index contributed by atoms with van der Waals surface area (Å²) in [6, 6.07) is 5.64. The normalized spacial score (nSPS) is 19.3. The first-order chi connectivity index (χ1) is 10.6. The number of aromatic nitrogens is 2. The Bertz CT molecular complexity index is 696. The van der Waals surface area contributed by atoms with Crippen LogP contribution in [0.3, 0.4) is 0 Å². The Kier molecular flexibility index (Phi) is 4.59. The van der Waals surface area contributed by atoms with Crippen LogP contribution < -0.4 is 0 Å². The fourth-order valence-electron chi connectivity index (χ4n) is 3.03. The van der Waals surface area contributed by atoms with Gasteiger partial charge in [0.05, 0.1) is 0 Å². The number of H-pyrrole nitrogens is 1. The molecule has 1 aliphatic heterocycles. The summed E-state index contributed by atoms with van der Waals surface area (Å²) >= 11 is 5.07. The van der Waals surface area contributed by atoms with Crippen molar-refractivity contribution in [3.8, 4) is 0 Å². The van der Waals surface area contributed by atoms with Crippen LogP contribution in [-0.4, -0.2) is 28.0 Å². The molecule has 1 N–H and O–H groups in total. The largest absolute Gasteiger partial charge is 0.334 e. The molecule has 3 nitrogen and oxygen atoms in total. The van der Waals surface area contributed by atoms with Gasteiger partial charge in [-0.2, -0.15) is 0 Å². The maximum atomic E-state index is 13.3. The number of nitrogens with zero attached hydrogens (tertiary/aromatic N) is 2. The van der Waals surface area contributed by atoms with Gasteiger partial charge in [-0.25, -0.2) is 13.8 Å². The van der Waals surface area contributed by atoms with Crippen molar-refractivity contribution in [2.24, 2.45) is 0 Å². The lowest BCUT2D eigenvalue weighted by Gasteiger charge is -2.32. The number of nitrogens with one attached hydrogen (secondary N) is 1. The van der Waals surface area contributed by atoms with E-state index in [0.717, 1.165) is 37.7 Å². The predicted octanol–water partition coefficient (Wildman–Crippen LogP) is 3.80. The second-order valence-corrected chi connectivity index (χ2v) is 6.07. The van der Waals surface area contributed by atoms with E-state index in [1.807, 2.05) is 6.07 Å². The lowest BCUT2D eigenvalue weighted by atomic mass is 9.94. The number of likely N-dealkylation sites (tertiary alicyclic amines) is 1. The molecule has 1 aromatic heterocycles. The first-order valence-corrected chi connectivity index (χ1v) is 7.73. The van der Waals surface area contributed by atoms with Crippen LogP contribution in [0, 0.1) is 16.4 Å². The summed E-state index contributed by atoms with van der Waals surface area (Å²) in [4.78, 5) is 9.36. The van der Waals surface area contributed by atoms with Gasteiger partial charge in [0.15, 0.2) is 4.77 Å². The highest BCUT2D eigenvalue weighted by atomic mass is 32.1. The van der Waals surface area contributed by atoms with E-state index >= 15 is 0 Å². The second-order valence-electron chi connectivity index (χ2n) is 5.68. The molecule has 22 heavy (non-hydrogen) atoms. The fraction of sp³-hybridized carbons (Fsp3) is 0.375. The van der Waals surface area contributed by atoms with Gasteiger partial charge in [-0.05, 0) is 55.4 Å². The van der Waals surface area contributed by atoms with Crippen molar-refractivity contribution in [1.82, 2.24) is 14.9 Å². The van der Waals surface area contributed by atoms with Crippen LogP contribution in [0.2, 0.25) is 0 Å². The first kappa shape index (κ1) is 15.2. The van der Waals surface area contributed by atoms with Crippen molar-refractivity contribution in [1.29, 1.82) is 0 Å². The number of piperidine rings is 1. The van der Waals surface area contributed by atoms with Gasteiger partial charge in [0.2, 0.25) is 0 Å². The minimum absolute atomic E-state index is 0.344. The SMILES string of the molecule is Fc1cc(F)cc(CN2CCCC(c3ccnc(=S)[nH]3)C2)c1. The molecule has 1 aliphatic rings. The van der Waals surface area contributed by atoms with E-state index in [4.69, 9.17) is 12.2 Å². The molecular weight excluding hydrogens is 304 g/mol. The molecule has 1 saturated heterocycles. The van der Waals surface area contributed by atoms with E-state index < -0.39 is 11.6 Å². The molecule has 0 saturated carbocycles. The zero-order valence-electron chi connectivity index (χ0n) is 12.1. The van der Waals surface area contributed by atoms with Crippen molar-refractivity contribution in [2.45, 2.75) is 25.3 Å². The molecule has 2 heterocycles. The molecule has 116 valence electrons. The van der Waals surface area contributed by atoms with Gasteiger partial charge >= 0.3 is 0 Å². The van der Waals surface area contributed by atoms with E-state index in [0.29, 0.717) is 22.8 Å². The Morgan fingerprint density at radius 2 is 2.05 bits per heavy atom. The summed E-state index contributed by atoms with van der Waals surface area (Å²) < 4.78 is 27.1. The summed E-state index contributed by atoms with van der Waals surface area (Å²) in [6.45, 7) is 2.32. The quantitative estimate of drug-likeness (QED) is 0.873. The summed E-state index contributed by atoms with van der Waals surface area (Å²) in [6.07, 6.45) is 3.84. The molecule has 2 aromatic rings. The van der Waals surface area contributed by atoms with E-state index in [1.54, 1.807) is 6.20 Å². The van der Waals surface area contributed by atoms with Crippen molar-refractivity contribution >= 4 is 12.2 Å². The molecule has 6 heteroatoms. The number of rotatable bonds is 3. The molecular formula is C16H17F2N3S. The van der Waals surface area contributed by atoms with Crippen molar-refractivity contribution in [3.63, 3.8) is 0 Å². The van der Waals surface area contributed by atoms with Crippen LogP contribution in [0.5, 0.6) is 0 Å². The zero-order chi connectivity index (χ0) is 15.5. The summed E-state index contributed by atoms with van der Waals surface area (Å²) in [5.74, 6) is -0.708. The first-order valence-electron chi connectivity index (χ1n) is 7.33. The van der Waals surface area contributed by atoms with E-state index in [-0.39, 0.29) is 0 Å². The average molecular weight is 321 g/mol. The highest BCUT2D eigenvalue weighted by Crippen LogP contribution is 2.26. The number of halogens is 2. The molecule has 1 atom stereocenters. The van der Waals surface area contributed by atoms with Crippen LogP contribution in [-0.2, 0) is 6.54 Å². The van der Waals surface area contributed by atoms with E-state index in [9.17, 15) is 8.78 Å². The highest BCUT2D eigenvalue weighted by Gasteiger charge is 2.22. The molecule has 3 rings (SSSR count). The van der Waals surface area contributed by atoms with Gasteiger partial charge in [-0.15, -0.1) is 0 Å². The van der Waals surface area contributed by atoms with Gasteiger partial charge in [-0.1, -0.05) is 0 Å². The lowest BCUT2D eigenvalue weighted by molar-refractivity contribution is 0.198. The zero-order valence-corrected chi connectivity index (χ0v) is 12.9. The number of hydrogen-bond acceptors (Lipinski definition) is 3. The van der Waals surface area contributed by atoms with Crippen LogP contribution in [0.25, 0.3) is 0 Å². The van der Waals surface area contributed by atoms with Crippen LogP contribution >= 0.6 is 12.2 Å². The van der Waals surface area contributed by atoms with Crippen molar-refractivity contribution in [2.75, 3.05) is 13.1 Å². The Labute approximate surface area is 133 Å². The molecule has 0 bridgehead atoms. The molecule has 1 aromatic carbocycles. The minimum atomic E-state index is -0.526. The topological polar surface area (TPSA) is 31.9 Å². The van der Waals surface area contributed by atoms with Crippen molar-refractivity contribution in [3.05, 3.63) is 58.1 Å². The van der Waals surface area contributed by atoms with Gasteiger partial charge < -0.3 is 4.98 Å². The predicted molar refractivity (Wildman–Crippen MR) is 83.0 cm³/mol. The van der Waals surface area contributed by atoms with Gasteiger partial charge in [0.1, 0.15) is 11.6 Å². The standard InChI is InChI=1S/C16H17F2N3S/c17-13-6-11(7-14(18)8-13)9-21-5-1-2-12(10-21)15-3-4-19-16(22)20-15/h3-4,6-8,12H,1-2,5,9-10H2,(H,19,20,22). The Morgan fingerprint density at radius 3 is 2.77 bits per heavy atom. The smallest absolute Gasteiger partial charge is 0.196 e. The highest BCUT2D eigenvalue weighted by molar-refractivity contribution is 7.71. The summed E-state index contributed by atoms with van der Waals surface area (Å²) in [5.41, 5.74) is 1.75. The Balaban J connectivity index is 1.71. The lowest BCUT2D eigenvalue weighted by Crippen LogP contribution is -2.34. The maximum absolute atomic E-state index is 13.3. The van der Waals surface area contributed by atoms with E-state index in [1.165, 1.54) is 12.1 Å². The summed E-state index contributed by atoms with van der Waals surface area (Å²) in [7, 11) is 0. The van der Waals surface area contributed by atoms with Gasteiger partial charge in [0.25, 0.3) is 0 Å². The monoisotopic (exact) mass is 321 g/mol. The van der Waals surface area contributed by atoms with Gasteiger partial charge in [0, 0.05) is 37.0 Å². The number of hydrogen-bond donors (Lipinski definition) is 1.